The Balaban J connectivity index is 1.92. The molecule has 0 aliphatic heterocycles. The van der Waals surface area contributed by atoms with Gasteiger partial charge in [0.2, 0.25) is 0 Å². The first-order chi connectivity index (χ1) is 10.7. The van der Waals surface area contributed by atoms with Gasteiger partial charge in [-0.05, 0) is 24.6 Å². The van der Waals surface area contributed by atoms with Gasteiger partial charge in [0.25, 0.3) is 0 Å². The fraction of sp³-hybridized carbons (Fsp3) is 0.143. The van der Waals surface area contributed by atoms with Gasteiger partial charge in [0.05, 0.1) is 0 Å². The maximum absolute atomic E-state index is 2.32. The zero-order chi connectivity index (χ0) is 15.2. The van der Waals surface area contributed by atoms with Crippen LogP contribution in [0.5, 0.6) is 0 Å². The van der Waals surface area contributed by atoms with Crippen LogP contribution in [0.25, 0.3) is 23.1 Å². The Bertz CT molecular complexity index is 896. The average molecular weight is 285 g/mol. The molecule has 0 amide bonds. The van der Waals surface area contributed by atoms with E-state index in [1.807, 2.05) is 0 Å². The SMILES string of the molecule is Cn1c2c(c3ccccc31)C=CC(C)(c1ccccc1)C=C2. The van der Waals surface area contributed by atoms with Crippen molar-refractivity contribution in [3.63, 3.8) is 0 Å². The van der Waals surface area contributed by atoms with E-state index in [1.54, 1.807) is 0 Å². The van der Waals surface area contributed by atoms with Crippen molar-refractivity contribution in [2.24, 2.45) is 7.05 Å². The molecular formula is C21H19N. The number of para-hydroxylation sites is 1. The summed E-state index contributed by atoms with van der Waals surface area (Å²) in [6, 6.07) is 19.3. The van der Waals surface area contributed by atoms with E-state index in [4.69, 9.17) is 0 Å². The number of aryl methyl sites for hydroxylation is 1. The Hall–Kier alpha value is -2.54. The van der Waals surface area contributed by atoms with Gasteiger partial charge in [-0.15, -0.1) is 0 Å². The van der Waals surface area contributed by atoms with E-state index >= 15 is 0 Å². The lowest BCUT2D eigenvalue weighted by Gasteiger charge is -2.22. The molecule has 4 rings (SSSR count). The van der Waals surface area contributed by atoms with Crippen molar-refractivity contribution in [2.45, 2.75) is 12.3 Å². The van der Waals surface area contributed by atoms with Crippen molar-refractivity contribution in [3.05, 3.63) is 83.6 Å². The molecule has 0 bridgehead atoms. The molecule has 0 saturated heterocycles. The minimum absolute atomic E-state index is 0.0681. The Labute approximate surface area is 131 Å². The van der Waals surface area contributed by atoms with Gasteiger partial charge < -0.3 is 4.57 Å². The summed E-state index contributed by atoms with van der Waals surface area (Å²) < 4.78 is 2.28. The van der Waals surface area contributed by atoms with Crippen molar-refractivity contribution in [1.29, 1.82) is 0 Å². The first kappa shape index (κ1) is 13.1. The highest BCUT2D eigenvalue weighted by Crippen LogP contribution is 2.35. The molecule has 1 nitrogen and oxygen atoms in total. The van der Waals surface area contributed by atoms with Crippen LogP contribution in [-0.4, -0.2) is 4.57 Å². The number of aromatic nitrogens is 1. The summed E-state index contributed by atoms with van der Waals surface area (Å²) in [5.74, 6) is 0. The van der Waals surface area contributed by atoms with Gasteiger partial charge in [-0.3, -0.25) is 0 Å². The minimum Gasteiger partial charge on any atom is -0.344 e. The molecule has 0 N–H and O–H groups in total. The summed E-state index contributed by atoms with van der Waals surface area (Å²) in [5, 5.41) is 1.32. The van der Waals surface area contributed by atoms with Crippen LogP contribution in [-0.2, 0) is 12.5 Å². The highest BCUT2D eigenvalue weighted by molar-refractivity contribution is 5.94. The van der Waals surface area contributed by atoms with E-state index in [0.717, 1.165) is 0 Å². The summed E-state index contributed by atoms with van der Waals surface area (Å²) >= 11 is 0. The average Bonchev–Trinajstić information content (AvgIpc) is 2.71. The van der Waals surface area contributed by atoms with Crippen LogP contribution in [0.15, 0.2) is 66.7 Å². The highest BCUT2D eigenvalue weighted by atomic mass is 14.9. The monoisotopic (exact) mass is 285 g/mol. The molecule has 1 atom stereocenters. The zero-order valence-corrected chi connectivity index (χ0v) is 13.0. The second-order valence-electron chi connectivity index (χ2n) is 6.19. The van der Waals surface area contributed by atoms with Crippen LogP contribution in [0, 0.1) is 0 Å². The Morgan fingerprint density at radius 3 is 2.32 bits per heavy atom. The topological polar surface area (TPSA) is 4.93 Å². The smallest absolute Gasteiger partial charge is 0.0488 e. The predicted octanol–water partition coefficient (Wildman–Crippen LogP) is 5.18. The van der Waals surface area contributed by atoms with Crippen molar-refractivity contribution >= 4 is 23.1 Å². The van der Waals surface area contributed by atoms with Crippen molar-refractivity contribution in [3.8, 4) is 0 Å². The number of rotatable bonds is 1. The van der Waals surface area contributed by atoms with Crippen LogP contribution in [0.4, 0.5) is 0 Å². The molecule has 1 heterocycles. The van der Waals surface area contributed by atoms with Gasteiger partial charge >= 0.3 is 0 Å². The van der Waals surface area contributed by atoms with E-state index < -0.39 is 0 Å². The van der Waals surface area contributed by atoms with Gasteiger partial charge in [-0.2, -0.15) is 0 Å². The fourth-order valence-electron chi connectivity index (χ4n) is 3.37. The largest absolute Gasteiger partial charge is 0.344 e. The number of benzene rings is 2. The van der Waals surface area contributed by atoms with Gasteiger partial charge in [0, 0.05) is 34.6 Å². The maximum Gasteiger partial charge on any atom is 0.0488 e. The van der Waals surface area contributed by atoms with E-state index in [1.165, 1.54) is 27.7 Å². The second kappa shape index (κ2) is 4.74. The molecule has 108 valence electrons. The summed E-state index contributed by atoms with van der Waals surface area (Å²) in [4.78, 5) is 0. The Morgan fingerprint density at radius 2 is 1.50 bits per heavy atom. The summed E-state index contributed by atoms with van der Waals surface area (Å²) in [5.41, 5.74) is 5.12. The van der Waals surface area contributed by atoms with Crippen LogP contribution in [0.3, 0.4) is 0 Å². The van der Waals surface area contributed by atoms with Crippen molar-refractivity contribution in [1.82, 2.24) is 4.57 Å². The van der Waals surface area contributed by atoms with Gasteiger partial charge in [-0.25, -0.2) is 0 Å². The molecule has 1 aliphatic rings. The van der Waals surface area contributed by atoms with E-state index in [0.29, 0.717) is 0 Å². The lowest BCUT2D eigenvalue weighted by Crippen LogP contribution is -2.14. The van der Waals surface area contributed by atoms with Crippen LogP contribution in [0.2, 0.25) is 0 Å². The van der Waals surface area contributed by atoms with Crippen LogP contribution >= 0.6 is 0 Å². The molecule has 0 fully saturated rings. The summed E-state index contributed by atoms with van der Waals surface area (Å²) in [6.45, 7) is 2.27. The molecule has 0 spiro atoms. The fourth-order valence-corrected chi connectivity index (χ4v) is 3.37. The molecule has 22 heavy (non-hydrogen) atoms. The third kappa shape index (κ3) is 1.86. The molecular weight excluding hydrogens is 266 g/mol. The van der Waals surface area contributed by atoms with Crippen LogP contribution < -0.4 is 0 Å². The van der Waals surface area contributed by atoms with Gasteiger partial charge in [0.15, 0.2) is 0 Å². The first-order valence-electron chi connectivity index (χ1n) is 7.70. The number of allylic oxidation sites excluding steroid dienone is 2. The third-order valence-electron chi connectivity index (χ3n) is 4.77. The van der Waals surface area contributed by atoms with Gasteiger partial charge in [0.1, 0.15) is 0 Å². The summed E-state index contributed by atoms with van der Waals surface area (Å²) in [7, 11) is 2.14. The highest BCUT2D eigenvalue weighted by Gasteiger charge is 2.23. The zero-order valence-electron chi connectivity index (χ0n) is 13.0. The van der Waals surface area contributed by atoms with Crippen molar-refractivity contribution < 1.29 is 0 Å². The standard InChI is InChI=1S/C21H19N/c1-21(16-8-4-3-5-9-16)14-12-18-17-10-6-7-11-19(17)22(2)20(18)13-15-21/h3-15H,1-2H3. The molecule has 3 aromatic rings. The quantitative estimate of drug-likeness (QED) is 0.581. The molecule has 1 aromatic heterocycles. The number of hydrogen-bond acceptors (Lipinski definition) is 0. The summed E-state index contributed by atoms with van der Waals surface area (Å²) in [6.07, 6.45) is 9.17. The van der Waals surface area contributed by atoms with Gasteiger partial charge in [-0.1, -0.05) is 66.8 Å². The number of fused-ring (bicyclic) bond motifs is 3. The molecule has 0 radical (unpaired) electrons. The predicted molar refractivity (Wildman–Crippen MR) is 94.8 cm³/mol. The Kier molecular flexibility index (Phi) is 2.83. The molecule has 1 unspecified atom stereocenters. The first-order valence-corrected chi connectivity index (χ1v) is 7.70. The van der Waals surface area contributed by atoms with E-state index in [-0.39, 0.29) is 5.41 Å². The molecule has 2 aromatic carbocycles. The van der Waals surface area contributed by atoms with Crippen molar-refractivity contribution in [2.75, 3.05) is 0 Å². The minimum atomic E-state index is -0.0681. The maximum atomic E-state index is 2.32. The number of nitrogens with zero attached hydrogens (tertiary/aromatic N) is 1. The number of hydrogen-bond donors (Lipinski definition) is 0. The van der Waals surface area contributed by atoms with E-state index in [9.17, 15) is 0 Å². The Morgan fingerprint density at radius 1 is 0.818 bits per heavy atom. The molecule has 1 heteroatoms. The second-order valence-corrected chi connectivity index (χ2v) is 6.19. The van der Waals surface area contributed by atoms with E-state index in [2.05, 4.69) is 97.4 Å². The molecule has 0 saturated carbocycles. The lowest BCUT2D eigenvalue weighted by molar-refractivity contribution is 0.766. The van der Waals surface area contributed by atoms with Crippen LogP contribution in [0.1, 0.15) is 23.7 Å². The lowest BCUT2D eigenvalue weighted by atomic mass is 9.82. The molecule has 1 aliphatic carbocycles. The normalized spacial score (nSPS) is 20.1. The third-order valence-corrected chi connectivity index (χ3v) is 4.77.